The molecule has 2 aromatic carbocycles. The summed E-state index contributed by atoms with van der Waals surface area (Å²) in [7, 11) is 0. The number of nitrogens with one attached hydrogen (secondary N) is 1. The lowest BCUT2D eigenvalue weighted by Gasteiger charge is -2.11. The van der Waals surface area contributed by atoms with Crippen molar-refractivity contribution >= 4 is 28.6 Å². The summed E-state index contributed by atoms with van der Waals surface area (Å²) in [4.78, 5) is 31.5. The first-order valence-electron chi connectivity index (χ1n) is 9.24. The molecule has 2 heterocycles. The second-order valence-corrected chi connectivity index (χ2v) is 6.69. The van der Waals surface area contributed by atoms with E-state index in [1.165, 1.54) is 0 Å². The second kappa shape index (κ2) is 8.00. The van der Waals surface area contributed by atoms with Crippen molar-refractivity contribution in [3.63, 3.8) is 0 Å². The number of anilines is 1. The van der Waals surface area contributed by atoms with Gasteiger partial charge in [-0.15, -0.1) is 0 Å². The van der Waals surface area contributed by atoms with Crippen molar-refractivity contribution in [3.8, 4) is 11.1 Å². The van der Waals surface area contributed by atoms with E-state index in [1.54, 1.807) is 42.6 Å². The Morgan fingerprint density at radius 3 is 2.47 bits per heavy atom. The molecular weight excluding hydrogens is 380 g/mol. The quantitative estimate of drug-likeness (QED) is 0.456. The van der Waals surface area contributed by atoms with Crippen LogP contribution in [-0.2, 0) is 6.54 Å². The highest BCUT2D eigenvalue weighted by Gasteiger charge is 2.11. The monoisotopic (exact) mass is 398 g/mol. The van der Waals surface area contributed by atoms with Gasteiger partial charge in [-0.1, -0.05) is 42.5 Å². The molecule has 2 aromatic heterocycles. The number of pyridine rings is 2. The van der Waals surface area contributed by atoms with E-state index >= 15 is 0 Å². The molecule has 0 aliphatic heterocycles. The van der Waals surface area contributed by atoms with Gasteiger partial charge in [0, 0.05) is 12.7 Å². The molecule has 0 unspecified atom stereocenters. The largest absolute Gasteiger partial charge is 0.478 e. The van der Waals surface area contributed by atoms with Crippen molar-refractivity contribution in [2.24, 2.45) is 5.73 Å². The van der Waals surface area contributed by atoms with Crippen LogP contribution in [0.4, 0.5) is 5.69 Å². The van der Waals surface area contributed by atoms with Crippen molar-refractivity contribution in [3.05, 3.63) is 89.7 Å². The van der Waals surface area contributed by atoms with Gasteiger partial charge < -0.3 is 16.2 Å². The molecule has 0 spiro atoms. The number of nitrogens with two attached hydrogens (primary N) is 1. The van der Waals surface area contributed by atoms with Crippen molar-refractivity contribution in [1.29, 1.82) is 0 Å². The average molecular weight is 398 g/mol. The topological polar surface area (TPSA) is 118 Å². The molecule has 30 heavy (non-hydrogen) atoms. The Balaban J connectivity index is 1.56. The lowest BCUT2D eigenvalue weighted by molar-refractivity contribution is 0.0697. The van der Waals surface area contributed by atoms with Crippen LogP contribution in [0.5, 0.6) is 0 Å². The predicted octanol–water partition coefficient (Wildman–Crippen LogP) is 3.71. The molecule has 148 valence electrons. The van der Waals surface area contributed by atoms with Crippen LogP contribution in [0.1, 0.15) is 26.4 Å². The summed E-state index contributed by atoms with van der Waals surface area (Å²) in [6.45, 7) is 0.516. The minimum atomic E-state index is -0.955. The molecule has 7 nitrogen and oxygen atoms in total. The van der Waals surface area contributed by atoms with Gasteiger partial charge in [0.1, 0.15) is 11.2 Å². The summed E-state index contributed by atoms with van der Waals surface area (Å²) < 4.78 is 0. The Labute approximate surface area is 172 Å². The van der Waals surface area contributed by atoms with Crippen LogP contribution in [0.25, 0.3) is 22.2 Å². The molecule has 4 aromatic rings. The van der Waals surface area contributed by atoms with Gasteiger partial charge in [-0.3, -0.25) is 9.78 Å². The number of fused-ring (bicyclic) bond motifs is 1. The minimum absolute atomic E-state index is 0.181. The van der Waals surface area contributed by atoms with E-state index in [1.807, 2.05) is 30.3 Å². The van der Waals surface area contributed by atoms with Crippen molar-refractivity contribution in [2.45, 2.75) is 6.54 Å². The number of carboxylic acids is 1. The summed E-state index contributed by atoms with van der Waals surface area (Å²) in [5.74, 6) is -1.55. The molecule has 4 N–H and O–H groups in total. The number of primary amides is 1. The first kappa shape index (κ1) is 19.1. The van der Waals surface area contributed by atoms with Crippen molar-refractivity contribution in [1.82, 2.24) is 9.97 Å². The molecule has 0 fully saturated rings. The number of benzene rings is 2. The zero-order chi connectivity index (χ0) is 21.1. The number of nitrogens with zero attached hydrogens (tertiary/aromatic N) is 2. The fraction of sp³-hybridized carbons (Fsp3) is 0.0435. The van der Waals surface area contributed by atoms with E-state index in [-0.39, 0.29) is 11.3 Å². The SMILES string of the molecule is NC(=O)c1ccc2nccc(NCc3ccc(-c4ccccc4C(=O)O)cc3)c2n1. The van der Waals surface area contributed by atoms with Gasteiger partial charge >= 0.3 is 5.97 Å². The van der Waals surface area contributed by atoms with E-state index in [0.29, 0.717) is 23.1 Å². The molecule has 0 atom stereocenters. The Hall–Kier alpha value is -4.26. The lowest BCUT2D eigenvalue weighted by Crippen LogP contribution is -2.13. The zero-order valence-corrected chi connectivity index (χ0v) is 15.9. The number of aromatic nitrogens is 2. The molecule has 0 aliphatic rings. The lowest BCUT2D eigenvalue weighted by atomic mass is 9.99. The number of carbonyl (C=O) groups is 2. The summed E-state index contributed by atoms with van der Waals surface area (Å²) in [5, 5.41) is 12.7. The van der Waals surface area contributed by atoms with E-state index in [4.69, 9.17) is 5.73 Å². The maximum absolute atomic E-state index is 11.4. The van der Waals surface area contributed by atoms with Gasteiger partial charge in [0.25, 0.3) is 5.91 Å². The molecule has 4 rings (SSSR count). The molecule has 0 saturated heterocycles. The molecule has 1 amide bonds. The molecular formula is C23H18N4O3. The average Bonchev–Trinajstić information content (AvgIpc) is 2.77. The molecule has 7 heteroatoms. The third-order valence-electron chi connectivity index (χ3n) is 4.74. The van der Waals surface area contributed by atoms with Crippen LogP contribution < -0.4 is 11.1 Å². The Morgan fingerprint density at radius 1 is 0.967 bits per heavy atom. The maximum Gasteiger partial charge on any atom is 0.336 e. The highest BCUT2D eigenvalue weighted by Crippen LogP contribution is 2.25. The standard InChI is InChI=1S/C23H18N4O3/c24-22(28)20-10-9-18-21(27-20)19(11-12-25-18)26-13-14-5-7-15(8-6-14)16-3-1-2-4-17(16)23(29)30/h1-12H,13H2,(H2,24,28)(H,25,26)(H,29,30). The number of carbonyl (C=O) groups excluding carboxylic acids is 1. The number of rotatable bonds is 6. The van der Waals surface area contributed by atoms with Crippen LogP contribution in [0, 0.1) is 0 Å². The normalized spacial score (nSPS) is 10.7. The van der Waals surface area contributed by atoms with Gasteiger partial charge in [-0.2, -0.15) is 0 Å². The van der Waals surface area contributed by atoms with Gasteiger partial charge in [-0.05, 0) is 41.0 Å². The van der Waals surface area contributed by atoms with Crippen LogP contribution in [0.2, 0.25) is 0 Å². The van der Waals surface area contributed by atoms with E-state index in [2.05, 4.69) is 15.3 Å². The first-order chi connectivity index (χ1) is 14.5. The fourth-order valence-corrected chi connectivity index (χ4v) is 3.23. The number of carboxylic acid groups (broad SMARTS) is 1. The third-order valence-corrected chi connectivity index (χ3v) is 4.74. The van der Waals surface area contributed by atoms with Crippen molar-refractivity contribution in [2.75, 3.05) is 5.32 Å². The summed E-state index contributed by atoms with van der Waals surface area (Å²) in [5.41, 5.74) is 10.3. The Bertz CT molecular complexity index is 1250. The second-order valence-electron chi connectivity index (χ2n) is 6.69. The van der Waals surface area contributed by atoms with Gasteiger partial charge in [-0.25, -0.2) is 9.78 Å². The molecule has 0 radical (unpaired) electrons. The zero-order valence-electron chi connectivity index (χ0n) is 15.9. The predicted molar refractivity (Wildman–Crippen MR) is 114 cm³/mol. The van der Waals surface area contributed by atoms with Crippen LogP contribution in [-0.4, -0.2) is 27.0 Å². The van der Waals surface area contributed by atoms with Gasteiger partial charge in [0.2, 0.25) is 0 Å². The molecule has 0 bridgehead atoms. The number of aromatic carboxylic acids is 1. The van der Waals surface area contributed by atoms with Crippen LogP contribution in [0.15, 0.2) is 72.9 Å². The molecule has 0 aliphatic carbocycles. The summed E-state index contributed by atoms with van der Waals surface area (Å²) >= 11 is 0. The van der Waals surface area contributed by atoms with Crippen LogP contribution in [0.3, 0.4) is 0 Å². The van der Waals surface area contributed by atoms with Crippen molar-refractivity contribution < 1.29 is 14.7 Å². The highest BCUT2D eigenvalue weighted by atomic mass is 16.4. The number of hydrogen-bond donors (Lipinski definition) is 3. The third kappa shape index (κ3) is 3.81. The smallest absolute Gasteiger partial charge is 0.336 e. The van der Waals surface area contributed by atoms with Gasteiger partial charge in [0.05, 0.1) is 16.8 Å². The van der Waals surface area contributed by atoms with Crippen LogP contribution >= 0.6 is 0 Å². The van der Waals surface area contributed by atoms with E-state index in [9.17, 15) is 14.7 Å². The van der Waals surface area contributed by atoms with Gasteiger partial charge in [0.15, 0.2) is 0 Å². The summed E-state index contributed by atoms with van der Waals surface area (Å²) in [6, 6.07) is 19.6. The fourth-order valence-electron chi connectivity index (χ4n) is 3.23. The Morgan fingerprint density at radius 2 is 1.73 bits per heavy atom. The Kier molecular flexibility index (Phi) is 5.09. The number of hydrogen-bond acceptors (Lipinski definition) is 5. The maximum atomic E-state index is 11.4. The van der Waals surface area contributed by atoms with E-state index in [0.717, 1.165) is 16.8 Å². The highest BCUT2D eigenvalue weighted by molar-refractivity contribution is 5.96. The first-order valence-corrected chi connectivity index (χ1v) is 9.24. The minimum Gasteiger partial charge on any atom is -0.478 e. The molecule has 0 saturated carbocycles. The number of amides is 1. The summed E-state index contributed by atoms with van der Waals surface area (Å²) in [6.07, 6.45) is 1.67. The van der Waals surface area contributed by atoms with E-state index < -0.39 is 11.9 Å².